The van der Waals surface area contributed by atoms with Crippen molar-refractivity contribution in [1.29, 1.82) is 0 Å². The molecular formula is C12H8FN5O. The molecule has 0 atom stereocenters. The Morgan fingerprint density at radius 1 is 1.21 bits per heavy atom. The Kier molecular flexibility index (Phi) is 2.64. The van der Waals surface area contributed by atoms with E-state index in [1.807, 2.05) is 0 Å². The zero-order chi connectivity index (χ0) is 13.2. The molecule has 2 aromatic heterocycles. The minimum absolute atomic E-state index is 0.0104. The number of hydrogen-bond acceptors (Lipinski definition) is 6. The van der Waals surface area contributed by atoms with Gasteiger partial charge in [0.1, 0.15) is 11.5 Å². The summed E-state index contributed by atoms with van der Waals surface area (Å²) >= 11 is 0. The molecular weight excluding hydrogens is 249 g/mol. The number of nitrogens with zero attached hydrogens (tertiary/aromatic N) is 4. The second-order valence-corrected chi connectivity index (χ2v) is 3.72. The van der Waals surface area contributed by atoms with Gasteiger partial charge in [-0.05, 0) is 12.1 Å². The normalized spacial score (nSPS) is 10.6. The summed E-state index contributed by atoms with van der Waals surface area (Å²) in [6.45, 7) is 0. The summed E-state index contributed by atoms with van der Waals surface area (Å²) < 4.78 is 18.7. The van der Waals surface area contributed by atoms with Crippen LogP contribution in [0, 0.1) is 5.82 Å². The molecule has 0 aliphatic carbocycles. The van der Waals surface area contributed by atoms with Crippen molar-refractivity contribution in [2.24, 2.45) is 0 Å². The van der Waals surface area contributed by atoms with E-state index in [0.717, 1.165) is 0 Å². The zero-order valence-electron chi connectivity index (χ0n) is 9.62. The van der Waals surface area contributed by atoms with Crippen molar-refractivity contribution in [2.75, 3.05) is 5.73 Å². The van der Waals surface area contributed by atoms with E-state index in [4.69, 9.17) is 10.3 Å². The van der Waals surface area contributed by atoms with Crippen LogP contribution >= 0.6 is 0 Å². The van der Waals surface area contributed by atoms with E-state index in [1.54, 1.807) is 6.07 Å². The number of halogens is 1. The molecule has 0 aliphatic rings. The zero-order valence-corrected chi connectivity index (χ0v) is 9.62. The summed E-state index contributed by atoms with van der Waals surface area (Å²) in [6, 6.07) is 4.34. The van der Waals surface area contributed by atoms with Gasteiger partial charge in [0, 0.05) is 18.1 Å². The number of anilines is 1. The van der Waals surface area contributed by atoms with Gasteiger partial charge in [-0.1, -0.05) is 11.2 Å². The third kappa shape index (κ3) is 2.01. The molecule has 0 radical (unpaired) electrons. The molecule has 0 aliphatic heterocycles. The van der Waals surface area contributed by atoms with Crippen LogP contribution in [0.4, 0.5) is 10.1 Å². The fraction of sp³-hybridized carbons (Fsp3) is 0. The molecule has 0 saturated heterocycles. The Morgan fingerprint density at radius 3 is 2.84 bits per heavy atom. The van der Waals surface area contributed by atoms with Gasteiger partial charge in [0.15, 0.2) is 0 Å². The van der Waals surface area contributed by atoms with Crippen molar-refractivity contribution in [2.45, 2.75) is 0 Å². The van der Waals surface area contributed by atoms with E-state index in [9.17, 15) is 4.39 Å². The van der Waals surface area contributed by atoms with Crippen LogP contribution in [0.2, 0.25) is 0 Å². The second kappa shape index (κ2) is 4.45. The molecule has 0 saturated carbocycles. The molecule has 94 valence electrons. The first kappa shape index (κ1) is 11.3. The number of nitrogens with two attached hydrogens (primary N) is 1. The van der Waals surface area contributed by atoms with Gasteiger partial charge in [0.25, 0.3) is 5.89 Å². The fourth-order valence-corrected chi connectivity index (χ4v) is 1.61. The van der Waals surface area contributed by atoms with Crippen LogP contribution in [-0.2, 0) is 0 Å². The average Bonchev–Trinajstić information content (AvgIpc) is 2.89. The van der Waals surface area contributed by atoms with Gasteiger partial charge in [-0.3, -0.25) is 4.98 Å². The lowest BCUT2D eigenvalue weighted by Gasteiger charge is -2.00. The van der Waals surface area contributed by atoms with Crippen molar-refractivity contribution in [3.05, 3.63) is 42.6 Å². The third-order valence-corrected chi connectivity index (χ3v) is 2.48. The largest absolute Gasteiger partial charge is 0.398 e. The van der Waals surface area contributed by atoms with Gasteiger partial charge >= 0.3 is 0 Å². The Bertz CT molecular complexity index is 693. The van der Waals surface area contributed by atoms with Crippen molar-refractivity contribution in [1.82, 2.24) is 20.1 Å². The summed E-state index contributed by atoms with van der Waals surface area (Å²) in [5.74, 6) is -0.281. The van der Waals surface area contributed by atoms with Crippen molar-refractivity contribution < 1.29 is 8.91 Å². The lowest BCUT2D eigenvalue weighted by Crippen LogP contribution is -1.93. The van der Waals surface area contributed by atoms with E-state index < -0.39 is 5.82 Å². The van der Waals surface area contributed by atoms with Crippen LogP contribution in [0.1, 0.15) is 0 Å². The van der Waals surface area contributed by atoms with Crippen LogP contribution in [0.3, 0.4) is 0 Å². The summed E-state index contributed by atoms with van der Waals surface area (Å²) in [6.07, 6.45) is 4.52. The van der Waals surface area contributed by atoms with Gasteiger partial charge < -0.3 is 10.3 Å². The first-order valence-electron chi connectivity index (χ1n) is 5.40. The standard InChI is InChI=1S/C12H8FN5O/c13-7-2-1-3-8(14)10(7)12-17-11(18-19-12)9-6-15-4-5-16-9/h1-6H,14H2. The average molecular weight is 257 g/mol. The van der Waals surface area contributed by atoms with Crippen LogP contribution in [0.25, 0.3) is 23.0 Å². The molecule has 0 bridgehead atoms. The minimum atomic E-state index is -0.519. The molecule has 0 unspecified atom stereocenters. The molecule has 2 heterocycles. The lowest BCUT2D eigenvalue weighted by molar-refractivity contribution is 0.429. The highest BCUT2D eigenvalue weighted by Gasteiger charge is 2.17. The van der Waals surface area contributed by atoms with Crippen molar-refractivity contribution in [3.8, 4) is 23.0 Å². The Labute approximate surface area is 107 Å². The van der Waals surface area contributed by atoms with Gasteiger partial charge in [0.2, 0.25) is 5.82 Å². The quantitative estimate of drug-likeness (QED) is 0.705. The molecule has 1 aromatic carbocycles. The van der Waals surface area contributed by atoms with Crippen LogP contribution in [0.5, 0.6) is 0 Å². The number of aromatic nitrogens is 4. The highest BCUT2D eigenvalue weighted by Crippen LogP contribution is 2.28. The summed E-state index contributed by atoms with van der Waals surface area (Å²) in [5.41, 5.74) is 6.46. The Balaban J connectivity index is 2.07. The van der Waals surface area contributed by atoms with Crippen LogP contribution in [-0.4, -0.2) is 20.1 Å². The monoisotopic (exact) mass is 257 g/mol. The Hall–Kier alpha value is -2.83. The Morgan fingerprint density at radius 2 is 2.11 bits per heavy atom. The summed E-state index contributed by atoms with van der Waals surface area (Å²) in [5, 5.41) is 3.73. The lowest BCUT2D eigenvalue weighted by atomic mass is 10.1. The summed E-state index contributed by atoms with van der Waals surface area (Å²) in [4.78, 5) is 12.0. The van der Waals surface area contributed by atoms with E-state index in [0.29, 0.717) is 5.69 Å². The van der Waals surface area contributed by atoms with Gasteiger partial charge in [-0.15, -0.1) is 0 Å². The molecule has 3 aromatic rings. The molecule has 7 heteroatoms. The molecule has 0 amide bonds. The maximum Gasteiger partial charge on any atom is 0.263 e. The fourth-order valence-electron chi connectivity index (χ4n) is 1.61. The molecule has 2 N–H and O–H groups in total. The topological polar surface area (TPSA) is 90.7 Å². The molecule has 19 heavy (non-hydrogen) atoms. The smallest absolute Gasteiger partial charge is 0.263 e. The number of nitrogen functional groups attached to an aromatic ring is 1. The summed E-state index contributed by atoms with van der Waals surface area (Å²) in [7, 11) is 0. The van der Waals surface area contributed by atoms with Gasteiger partial charge in [-0.25, -0.2) is 9.37 Å². The predicted octanol–water partition coefficient (Wildman–Crippen LogP) is 1.91. The minimum Gasteiger partial charge on any atom is -0.398 e. The number of benzene rings is 1. The maximum absolute atomic E-state index is 13.7. The first-order valence-corrected chi connectivity index (χ1v) is 5.40. The van der Waals surface area contributed by atoms with Crippen LogP contribution < -0.4 is 5.73 Å². The first-order chi connectivity index (χ1) is 9.25. The molecule has 6 nitrogen and oxygen atoms in total. The maximum atomic E-state index is 13.7. The van der Waals surface area contributed by atoms with E-state index >= 15 is 0 Å². The van der Waals surface area contributed by atoms with Gasteiger partial charge in [-0.2, -0.15) is 4.98 Å². The van der Waals surface area contributed by atoms with Crippen LogP contribution in [0.15, 0.2) is 41.3 Å². The van der Waals surface area contributed by atoms with Crippen molar-refractivity contribution >= 4 is 5.69 Å². The third-order valence-electron chi connectivity index (χ3n) is 2.48. The second-order valence-electron chi connectivity index (χ2n) is 3.72. The van der Waals surface area contributed by atoms with Crippen molar-refractivity contribution in [3.63, 3.8) is 0 Å². The molecule has 0 fully saturated rings. The number of hydrogen-bond donors (Lipinski definition) is 1. The SMILES string of the molecule is Nc1cccc(F)c1-c1nc(-c2cnccn2)no1. The van der Waals surface area contributed by atoms with E-state index in [2.05, 4.69) is 20.1 Å². The molecule has 3 rings (SSSR count). The van der Waals surface area contributed by atoms with E-state index in [1.165, 1.54) is 30.7 Å². The molecule has 0 spiro atoms. The van der Waals surface area contributed by atoms with Gasteiger partial charge in [0.05, 0.1) is 11.8 Å². The van der Waals surface area contributed by atoms with E-state index in [-0.39, 0.29) is 23.0 Å². The highest BCUT2D eigenvalue weighted by molar-refractivity contribution is 5.71. The number of rotatable bonds is 2. The highest BCUT2D eigenvalue weighted by atomic mass is 19.1. The predicted molar refractivity (Wildman–Crippen MR) is 65.1 cm³/mol.